The summed E-state index contributed by atoms with van der Waals surface area (Å²) in [4.78, 5) is 11.1. The third-order valence-electron chi connectivity index (χ3n) is 3.30. The Morgan fingerprint density at radius 3 is 2.50 bits per heavy atom. The van der Waals surface area contributed by atoms with Crippen LogP contribution in [0.5, 0.6) is 0 Å². The first kappa shape index (κ1) is 13.9. The number of primary amides is 1. The second-order valence-corrected chi connectivity index (χ2v) is 4.86. The van der Waals surface area contributed by atoms with Gasteiger partial charge < -0.3 is 16.8 Å². The molecule has 4 heteroatoms. The van der Waals surface area contributed by atoms with Crippen molar-refractivity contribution in [3.8, 4) is 0 Å². The Hall–Kier alpha value is -2.49. The minimum Gasteiger partial charge on any atom is -0.397 e. The highest BCUT2D eigenvalue weighted by Crippen LogP contribution is 2.22. The third kappa shape index (κ3) is 3.29. The zero-order valence-electron chi connectivity index (χ0n) is 11.5. The van der Waals surface area contributed by atoms with Gasteiger partial charge in [-0.1, -0.05) is 37.3 Å². The van der Waals surface area contributed by atoms with E-state index in [1.807, 2.05) is 18.2 Å². The average molecular weight is 269 g/mol. The SMILES string of the molecule is CC(CNc1ccc(C(N)=O)cc1N)c1ccccc1. The van der Waals surface area contributed by atoms with Crippen molar-refractivity contribution in [2.45, 2.75) is 12.8 Å². The van der Waals surface area contributed by atoms with E-state index in [9.17, 15) is 4.79 Å². The van der Waals surface area contributed by atoms with E-state index >= 15 is 0 Å². The molecule has 5 N–H and O–H groups in total. The van der Waals surface area contributed by atoms with Gasteiger partial charge in [0.15, 0.2) is 0 Å². The molecule has 0 spiro atoms. The molecule has 2 aromatic rings. The molecule has 0 aromatic heterocycles. The monoisotopic (exact) mass is 269 g/mol. The summed E-state index contributed by atoms with van der Waals surface area (Å²) < 4.78 is 0. The van der Waals surface area contributed by atoms with Crippen molar-refractivity contribution in [2.75, 3.05) is 17.6 Å². The van der Waals surface area contributed by atoms with Gasteiger partial charge in [0.25, 0.3) is 0 Å². The smallest absolute Gasteiger partial charge is 0.248 e. The van der Waals surface area contributed by atoms with Crippen molar-refractivity contribution in [3.63, 3.8) is 0 Å². The molecular formula is C16H19N3O. The van der Waals surface area contributed by atoms with Crippen molar-refractivity contribution >= 4 is 17.3 Å². The van der Waals surface area contributed by atoms with E-state index in [-0.39, 0.29) is 0 Å². The van der Waals surface area contributed by atoms with E-state index in [4.69, 9.17) is 11.5 Å². The molecule has 104 valence electrons. The number of hydrogen-bond donors (Lipinski definition) is 3. The van der Waals surface area contributed by atoms with Crippen LogP contribution in [0.4, 0.5) is 11.4 Å². The van der Waals surface area contributed by atoms with Crippen LogP contribution in [-0.4, -0.2) is 12.5 Å². The first-order valence-corrected chi connectivity index (χ1v) is 6.56. The largest absolute Gasteiger partial charge is 0.397 e. The normalized spacial score (nSPS) is 11.8. The number of hydrogen-bond acceptors (Lipinski definition) is 3. The molecule has 0 saturated heterocycles. The number of carbonyl (C=O) groups excluding carboxylic acids is 1. The maximum Gasteiger partial charge on any atom is 0.248 e. The fourth-order valence-electron chi connectivity index (χ4n) is 2.04. The predicted molar refractivity (Wildman–Crippen MR) is 82.7 cm³/mol. The van der Waals surface area contributed by atoms with E-state index in [1.54, 1.807) is 18.2 Å². The average Bonchev–Trinajstić information content (AvgIpc) is 2.46. The zero-order valence-corrected chi connectivity index (χ0v) is 11.5. The lowest BCUT2D eigenvalue weighted by atomic mass is 10.0. The Kier molecular flexibility index (Phi) is 4.25. The third-order valence-corrected chi connectivity index (χ3v) is 3.30. The first-order chi connectivity index (χ1) is 9.58. The van der Waals surface area contributed by atoms with Crippen LogP contribution in [0.1, 0.15) is 28.8 Å². The van der Waals surface area contributed by atoms with Crippen LogP contribution in [0.3, 0.4) is 0 Å². The molecule has 1 amide bonds. The molecule has 20 heavy (non-hydrogen) atoms. The fourth-order valence-corrected chi connectivity index (χ4v) is 2.04. The van der Waals surface area contributed by atoms with Crippen LogP contribution >= 0.6 is 0 Å². The molecule has 0 aliphatic heterocycles. The second-order valence-electron chi connectivity index (χ2n) is 4.86. The Morgan fingerprint density at radius 2 is 1.90 bits per heavy atom. The van der Waals surface area contributed by atoms with Crippen molar-refractivity contribution < 1.29 is 4.79 Å². The van der Waals surface area contributed by atoms with Crippen molar-refractivity contribution in [1.82, 2.24) is 0 Å². The minimum absolute atomic E-state index is 0.367. The molecule has 2 aromatic carbocycles. The highest BCUT2D eigenvalue weighted by atomic mass is 16.1. The van der Waals surface area contributed by atoms with Gasteiger partial charge in [0.1, 0.15) is 0 Å². The molecule has 0 heterocycles. The summed E-state index contributed by atoms with van der Waals surface area (Å²) >= 11 is 0. The Bertz CT molecular complexity index is 596. The van der Waals surface area contributed by atoms with Gasteiger partial charge in [0, 0.05) is 12.1 Å². The van der Waals surface area contributed by atoms with Crippen molar-refractivity contribution in [2.24, 2.45) is 5.73 Å². The fraction of sp³-hybridized carbons (Fsp3) is 0.188. The Morgan fingerprint density at radius 1 is 1.20 bits per heavy atom. The Labute approximate surface area is 118 Å². The molecule has 0 aliphatic rings. The highest BCUT2D eigenvalue weighted by molar-refractivity contribution is 5.94. The van der Waals surface area contributed by atoms with Gasteiger partial charge >= 0.3 is 0 Å². The second kappa shape index (κ2) is 6.10. The summed E-state index contributed by atoms with van der Waals surface area (Å²) in [6.07, 6.45) is 0. The standard InChI is InChI=1S/C16H19N3O/c1-11(12-5-3-2-4-6-12)10-19-15-8-7-13(16(18)20)9-14(15)17/h2-9,11,19H,10,17H2,1H3,(H2,18,20). The maximum absolute atomic E-state index is 11.1. The number of nitrogens with one attached hydrogen (secondary N) is 1. The molecule has 0 aliphatic carbocycles. The maximum atomic E-state index is 11.1. The van der Waals surface area contributed by atoms with Crippen molar-refractivity contribution in [3.05, 3.63) is 59.7 Å². The number of nitrogen functional groups attached to an aromatic ring is 1. The summed E-state index contributed by atoms with van der Waals surface area (Å²) in [5, 5.41) is 3.30. The van der Waals surface area contributed by atoms with Crippen LogP contribution in [0.15, 0.2) is 48.5 Å². The molecule has 1 atom stereocenters. The first-order valence-electron chi connectivity index (χ1n) is 6.56. The summed E-state index contributed by atoms with van der Waals surface area (Å²) in [6, 6.07) is 15.3. The van der Waals surface area contributed by atoms with Gasteiger partial charge in [-0.05, 0) is 29.7 Å². The van der Waals surface area contributed by atoms with Gasteiger partial charge in [-0.2, -0.15) is 0 Å². The zero-order chi connectivity index (χ0) is 14.5. The number of carbonyl (C=O) groups is 1. The number of rotatable bonds is 5. The number of anilines is 2. The molecule has 0 saturated carbocycles. The highest BCUT2D eigenvalue weighted by Gasteiger charge is 2.07. The predicted octanol–water partition coefficient (Wildman–Crippen LogP) is 2.58. The van der Waals surface area contributed by atoms with Crippen molar-refractivity contribution in [1.29, 1.82) is 0 Å². The van der Waals surface area contributed by atoms with E-state index in [0.717, 1.165) is 12.2 Å². The van der Waals surface area contributed by atoms with E-state index in [0.29, 0.717) is 17.2 Å². The van der Waals surface area contributed by atoms with Crippen LogP contribution in [0.2, 0.25) is 0 Å². The van der Waals surface area contributed by atoms with E-state index in [1.165, 1.54) is 5.56 Å². The van der Waals surface area contributed by atoms with Gasteiger partial charge in [0.05, 0.1) is 11.4 Å². The topological polar surface area (TPSA) is 81.1 Å². The van der Waals surface area contributed by atoms with Crippen LogP contribution in [0.25, 0.3) is 0 Å². The summed E-state index contributed by atoms with van der Waals surface area (Å²) in [5.41, 5.74) is 14.2. The van der Waals surface area contributed by atoms with Gasteiger partial charge in [-0.15, -0.1) is 0 Å². The number of amides is 1. The van der Waals surface area contributed by atoms with Gasteiger partial charge in [0.2, 0.25) is 5.91 Å². The van der Waals surface area contributed by atoms with E-state index in [2.05, 4.69) is 24.4 Å². The molecule has 0 radical (unpaired) electrons. The van der Waals surface area contributed by atoms with Gasteiger partial charge in [-0.25, -0.2) is 0 Å². The molecule has 0 fully saturated rings. The van der Waals surface area contributed by atoms with E-state index < -0.39 is 5.91 Å². The summed E-state index contributed by atoms with van der Waals surface area (Å²) in [7, 11) is 0. The summed E-state index contributed by atoms with van der Waals surface area (Å²) in [5.74, 6) is -0.104. The molecule has 1 unspecified atom stereocenters. The molecular weight excluding hydrogens is 250 g/mol. The van der Waals surface area contributed by atoms with Crippen LogP contribution in [0, 0.1) is 0 Å². The van der Waals surface area contributed by atoms with Crippen LogP contribution < -0.4 is 16.8 Å². The molecule has 0 bridgehead atoms. The lowest BCUT2D eigenvalue weighted by Crippen LogP contribution is -2.13. The molecule has 2 rings (SSSR count). The lowest BCUT2D eigenvalue weighted by molar-refractivity contribution is 0.100. The number of benzene rings is 2. The Balaban J connectivity index is 2.02. The minimum atomic E-state index is -0.471. The van der Waals surface area contributed by atoms with Crippen LogP contribution in [-0.2, 0) is 0 Å². The quantitative estimate of drug-likeness (QED) is 0.730. The summed E-state index contributed by atoms with van der Waals surface area (Å²) in [6.45, 7) is 2.92. The number of nitrogens with two attached hydrogens (primary N) is 2. The lowest BCUT2D eigenvalue weighted by Gasteiger charge is -2.15. The van der Waals surface area contributed by atoms with Gasteiger partial charge in [-0.3, -0.25) is 4.79 Å². The molecule has 4 nitrogen and oxygen atoms in total.